The number of nitrogens with one attached hydrogen (secondary N) is 1. The molecule has 1 fully saturated rings. The van der Waals surface area contributed by atoms with Crippen LogP contribution in [0.15, 0.2) is 47.4 Å². The van der Waals surface area contributed by atoms with Crippen molar-refractivity contribution in [1.29, 1.82) is 0 Å². The minimum Gasteiger partial charge on any atom is -0.507 e. The van der Waals surface area contributed by atoms with E-state index in [1.54, 1.807) is 12.1 Å². The lowest BCUT2D eigenvalue weighted by molar-refractivity contribution is -0.127. The summed E-state index contributed by atoms with van der Waals surface area (Å²) in [6.07, 6.45) is 1.52. The molecule has 2 aromatic carbocycles. The van der Waals surface area contributed by atoms with Crippen LogP contribution in [0.25, 0.3) is 6.08 Å². The number of benzene rings is 2. The number of thioether (sulfide) groups is 1. The fourth-order valence-electron chi connectivity index (χ4n) is 2.31. The van der Waals surface area contributed by atoms with Crippen LogP contribution in [0.4, 0.5) is 14.9 Å². The average molecular weight is 498 g/mol. The highest BCUT2D eigenvalue weighted by Crippen LogP contribution is 2.33. The lowest BCUT2D eigenvalue weighted by atomic mass is 10.2. The van der Waals surface area contributed by atoms with E-state index in [0.717, 1.165) is 22.7 Å². The fourth-order valence-corrected chi connectivity index (χ4v) is 3.69. The molecule has 3 rings (SSSR count). The van der Waals surface area contributed by atoms with Gasteiger partial charge in [0.1, 0.15) is 18.1 Å². The molecule has 0 aromatic heterocycles. The second-order valence-corrected chi connectivity index (χ2v) is 7.69. The molecule has 0 bridgehead atoms. The molecule has 0 atom stereocenters. The molecular formula is C18H12FIN2O4S. The first-order chi connectivity index (χ1) is 12.8. The van der Waals surface area contributed by atoms with Gasteiger partial charge in [0.15, 0.2) is 0 Å². The van der Waals surface area contributed by atoms with Gasteiger partial charge < -0.3 is 10.4 Å². The van der Waals surface area contributed by atoms with Crippen LogP contribution < -0.4 is 5.32 Å². The molecule has 3 amide bonds. The Bertz CT molecular complexity index is 980. The third kappa shape index (κ3) is 4.66. The van der Waals surface area contributed by atoms with Gasteiger partial charge in [0, 0.05) is 5.69 Å². The second-order valence-electron chi connectivity index (χ2n) is 5.54. The Kier molecular flexibility index (Phi) is 5.80. The molecule has 6 nitrogen and oxygen atoms in total. The van der Waals surface area contributed by atoms with Gasteiger partial charge in [-0.2, -0.15) is 0 Å². The van der Waals surface area contributed by atoms with Crippen molar-refractivity contribution < 1.29 is 23.9 Å². The van der Waals surface area contributed by atoms with Gasteiger partial charge in [-0.25, -0.2) is 4.39 Å². The summed E-state index contributed by atoms with van der Waals surface area (Å²) in [6.45, 7) is -0.467. The predicted octanol–water partition coefficient (Wildman–Crippen LogP) is 3.81. The maximum atomic E-state index is 13.2. The number of aromatic hydroxyl groups is 1. The number of amides is 3. The molecule has 1 aliphatic rings. The molecule has 138 valence electrons. The van der Waals surface area contributed by atoms with Gasteiger partial charge in [-0.1, -0.05) is 12.1 Å². The second kappa shape index (κ2) is 8.09. The molecule has 0 radical (unpaired) electrons. The quantitative estimate of drug-likeness (QED) is 0.495. The molecule has 0 aliphatic carbocycles. The molecule has 9 heteroatoms. The average Bonchev–Trinajstić information content (AvgIpc) is 2.85. The number of halogens is 2. The molecule has 0 unspecified atom stereocenters. The SMILES string of the molecule is O=C(CN1C(=O)S/C(=C/c2ccc(O)c(I)c2)C1=O)Nc1cccc(F)c1. The van der Waals surface area contributed by atoms with Crippen molar-refractivity contribution in [3.8, 4) is 5.75 Å². The van der Waals surface area contributed by atoms with Crippen LogP contribution in [0.2, 0.25) is 0 Å². The minimum atomic E-state index is -0.608. The van der Waals surface area contributed by atoms with E-state index >= 15 is 0 Å². The van der Waals surface area contributed by atoms with Crippen molar-refractivity contribution in [2.24, 2.45) is 0 Å². The van der Waals surface area contributed by atoms with Crippen molar-refractivity contribution in [2.75, 3.05) is 11.9 Å². The summed E-state index contributed by atoms with van der Waals surface area (Å²) in [5.74, 6) is -1.58. The van der Waals surface area contributed by atoms with E-state index in [1.165, 1.54) is 30.3 Å². The number of hydrogen-bond donors (Lipinski definition) is 2. The molecule has 1 heterocycles. The summed E-state index contributed by atoms with van der Waals surface area (Å²) in [7, 11) is 0. The highest BCUT2D eigenvalue weighted by atomic mass is 127. The molecular weight excluding hydrogens is 486 g/mol. The molecule has 0 spiro atoms. The number of nitrogens with zero attached hydrogens (tertiary/aromatic N) is 1. The largest absolute Gasteiger partial charge is 0.507 e. The summed E-state index contributed by atoms with van der Waals surface area (Å²) in [6, 6.07) is 10.1. The Balaban J connectivity index is 1.71. The first kappa shape index (κ1) is 19.4. The van der Waals surface area contributed by atoms with E-state index in [9.17, 15) is 23.9 Å². The highest BCUT2D eigenvalue weighted by Gasteiger charge is 2.36. The topological polar surface area (TPSA) is 86.7 Å². The van der Waals surface area contributed by atoms with E-state index in [4.69, 9.17) is 0 Å². The number of phenolic OH excluding ortho intramolecular Hbond substituents is 1. The predicted molar refractivity (Wildman–Crippen MR) is 109 cm³/mol. The summed E-state index contributed by atoms with van der Waals surface area (Å²) >= 11 is 2.68. The van der Waals surface area contributed by atoms with Crippen LogP contribution >= 0.6 is 34.4 Å². The van der Waals surface area contributed by atoms with E-state index in [2.05, 4.69) is 5.32 Å². The van der Waals surface area contributed by atoms with Crippen LogP contribution in [0.3, 0.4) is 0 Å². The lowest BCUT2D eigenvalue weighted by Crippen LogP contribution is -2.36. The third-order valence-electron chi connectivity index (χ3n) is 3.55. The highest BCUT2D eigenvalue weighted by molar-refractivity contribution is 14.1. The molecule has 1 aliphatic heterocycles. The zero-order valence-electron chi connectivity index (χ0n) is 13.6. The maximum Gasteiger partial charge on any atom is 0.294 e. The van der Waals surface area contributed by atoms with Gasteiger partial charge in [0.25, 0.3) is 11.1 Å². The van der Waals surface area contributed by atoms with E-state index in [-0.39, 0.29) is 16.3 Å². The smallest absolute Gasteiger partial charge is 0.294 e. The van der Waals surface area contributed by atoms with Gasteiger partial charge >= 0.3 is 0 Å². The van der Waals surface area contributed by atoms with Crippen molar-refractivity contribution in [1.82, 2.24) is 4.90 Å². The number of hydrogen-bond acceptors (Lipinski definition) is 5. The molecule has 2 N–H and O–H groups in total. The zero-order valence-corrected chi connectivity index (χ0v) is 16.6. The first-order valence-electron chi connectivity index (χ1n) is 7.63. The lowest BCUT2D eigenvalue weighted by Gasteiger charge is -2.12. The summed E-state index contributed by atoms with van der Waals surface area (Å²) in [5, 5.41) is 11.4. The van der Waals surface area contributed by atoms with Crippen LogP contribution in [0.1, 0.15) is 5.56 Å². The number of imide groups is 1. The minimum absolute atomic E-state index is 0.120. The number of anilines is 1. The molecule has 0 saturated carbocycles. The van der Waals surface area contributed by atoms with Crippen molar-refractivity contribution in [3.05, 3.63) is 62.3 Å². The van der Waals surface area contributed by atoms with Gasteiger partial charge in [-0.05, 0) is 76.3 Å². The van der Waals surface area contributed by atoms with Crippen LogP contribution in [-0.4, -0.2) is 33.6 Å². The Morgan fingerprint density at radius 2 is 2.04 bits per heavy atom. The van der Waals surface area contributed by atoms with Gasteiger partial charge in [-0.15, -0.1) is 0 Å². The molecule has 2 aromatic rings. The van der Waals surface area contributed by atoms with Crippen LogP contribution in [-0.2, 0) is 9.59 Å². The van der Waals surface area contributed by atoms with Crippen molar-refractivity contribution in [2.45, 2.75) is 0 Å². The van der Waals surface area contributed by atoms with Gasteiger partial charge in [-0.3, -0.25) is 19.3 Å². The maximum absolute atomic E-state index is 13.2. The summed E-state index contributed by atoms with van der Waals surface area (Å²) < 4.78 is 13.8. The third-order valence-corrected chi connectivity index (χ3v) is 5.32. The van der Waals surface area contributed by atoms with Gasteiger partial charge in [0.2, 0.25) is 5.91 Å². The van der Waals surface area contributed by atoms with E-state index < -0.39 is 29.4 Å². The number of phenols is 1. The van der Waals surface area contributed by atoms with E-state index in [1.807, 2.05) is 22.6 Å². The van der Waals surface area contributed by atoms with Gasteiger partial charge in [0.05, 0.1) is 8.48 Å². The Morgan fingerprint density at radius 3 is 2.74 bits per heavy atom. The number of rotatable bonds is 4. The zero-order chi connectivity index (χ0) is 19.6. The first-order valence-corrected chi connectivity index (χ1v) is 9.52. The Labute approximate surface area is 171 Å². The Hall–Kier alpha value is -2.40. The fraction of sp³-hybridized carbons (Fsp3) is 0.0556. The summed E-state index contributed by atoms with van der Waals surface area (Å²) in [4.78, 5) is 37.6. The van der Waals surface area contributed by atoms with Crippen molar-refractivity contribution in [3.63, 3.8) is 0 Å². The van der Waals surface area contributed by atoms with Crippen LogP contribution in [0.5, 0.6) is 5.75 Å². The standard InChI is InChI=1S/C18H12FIN2O4S/c19-11-2-1-3-12(8-11)21-16(24)9-22-17(25)15(27-18(22)26)7-10-4-5-14(23)13(20)6-10/h1-8,23H,9H2,(H,21,24)/b15-7+. The van der Waals surface area contributed by atoms with Crippen molar-refractivity contribution >= 4 is 63.2 Å². The van der Waals surface area contributed by atoms with E-state index in [0.29, 0.717) is 9.13 Å². The Morgan fingerprint density at radius 1 is 1.26 bits per heavy atom. The monoisotopic (exact) mass is 498 g/mol. The van der Waals surface area contributed by atoms with Crippen LogP contribution in [0, 0.1) is 9.39 Å². The number of carbonyl (C=O) groups is 3. The summed E-state index contributed by atoms with van der Waals surface area (Å²) in [5.41, 5.74) is 0.882. The number of carbonyl (C=O) groups excluding carboxylic acids is 3. The normalized spacial score (nSPS) is 15.5. The molecule has 1 saturated heterocycles. The molecule has 27 heavy (non-hydrogen) atoms.